The van der Waals surface area contributed by atoms with E-state index in [2.05, 4.69) is 92.8 Å². The normalized spacial score (nSPS) is 11.1. The van der Waals surface area contributed by atoms with Crippen LogP contribution < -0.4 is 10.6 Å². The zero-order chi connectivity index (χ0) is 19.8. The summed E-state index contributed by atoms with van der Waals surface area (Å²) in [6.45, 7) is 6.48. The Balaban J connectivity index is 0.00000300. The minimum absolute atomic E-state index is 0. The largest absolute Gasteiger partial charge is 0.355 e. The van der Waals surface area contributed by atoms with Gasteiger partial charge in [0.25, 0.3) is 0 Å². The van der Waals surface area contributed by atoms with Crippen LogP contribution in [0.15, 0.2) is 59.9 Å². The quantitative estimate of drug-likeness (QED) is 0.292. The molecule has 7 heteroatoms. The van der Waals surface area contributed by atoms with E-state index in [0.717, 1.165) is 31.3 Å². The molecule has 29 heavy (non-hydrogen) atoms. The lowest BCUT2D eigenvalue weighted by Crippen LogP contribution is -2.38. The number of hydrogen-bond donors (Lipinski definition) is 2. The lowest BCUT2D eigenvalue weighted by atomic mass is 10.0. The highest BCUT2D eigenvalue weighted by Gasteiger charge is 2.04. The van der Waals surface area contributed by atoms with Crippen LogP contribution in [-0.2, 0) is 19.5 Å². The first-order valence-corrected chi connectivity index (χ1v) is 9.66. The van der Waals surface area contributed by atoms with Crippen molar-refractivity contribution < 1.29 is 0 Å². The molecule has 154 valence electrons. The van der Waals surface area contributed by atoms with Crippen LogP contribution >= 0.6 is 24.0 Å². The van der Waals surface area contributed by atoms with Gasteiger partial charge < -0.3 is 15.2 Å². The number of halogens is 1. The van der Waals surface area contributed by atoms with Crippen molar-refractivity contribution in [2.75, 3.05) is 13.6 Å². The van der Waals surface area contributed by atoms with Gasteiger partial charge in [0.15, 0.2) is 5.96 Å². The number of rotatable bonds is 7. The Morgan fingerprint density at radius 2 is 1.83 bits per heavy atom. The van der Waals surface area contributed by atoms with Gasteiger partial charge in [-0.05, 0) is 29.7 Å². The number of hydrogen-bond acceptors (Lipinski definition) is 3. The number of aliphatic imine (C=N–C) groups is 1. The number of nitrogens with one attached hydrogen (secondary N) is 2. The van der Waals surface area contributed by atoms with Crippen LogP contribution in [0.5, 0.6) is 0 Å². The van der Waals surface area contributed by atoms with Crippen molar-refractivity contribution in [1.82, 2.24) is 25.4 Å². The van der Waals surface area contributed by atoms with Crippen molar-refractivity contribution in [2.45, 2.75) is 33.4 Å². The lowest BCUT2D eigenvalue weighted by molar-refractivity contribution is 0.632. The average molecular weight is 504 g/mol. The predicted octanol–water partition coefficient (Wildman–Crippen LogP) is 3.80. The topological polar surface area (TPSA) is 67.1 Å². The van der Waals surface area contributed by atoms with Crippen LogP contribution in [0.3, 0.4) is 0 Å². The van der Waals surface area contributed by atoms with Crippen LogP contribution in [0, 0.1) is 6.92 Å². The SMILES string of the molecule is CCc1nncn1CCNC(=NC)NCc1cccc(-c2cccc(C)c2)c1.I. The summed E-state index contributed by atoms with van der Waals surface area (Å²) < 4.78 is 2.06. The van der Waals surface area contributed by atoms with Gasteiger partial charge in [-0.1, -0.05) is 55.0 Å². The third-order valence-corrected chi connectivity index (χ3v) is 4.62. The fourth-order valence-electron chi connectivity index (χ4n) is 3.13. The Kier molecular flexibility index (Phi) is 9.11. The van der Waals surface area contributed by atoms with Crippen molar-refractivity contribution in [1.29, 1.82) is 0 Å². The molecular weight excluding hydrogens is 475 g/mol. The number of benzene rings is 2. The van der Waals surface area contributed by atoms with Gasteiger partial charge in [-0.3, -0.25) is 4.99 Å². The third kappa shape index (κ3) is 6.56. The Morgan fingerprint density at radius 3 is 2.55 bits per heavy atom. The molecule has 2 N–H and O–H groups in total. The van der Waals surface area contributed by atoms with Crippen molar-refractivity contribution in [3.05, 3.63) is 71.8 Å². The molecule has 0 aliphatic carbocycles. The molecule has 2 aromatic carbocycles. The third-order valence-electron chi connectivity index (χ3n) is 4.62. The average Bonchev–Trinajstić information content (AvgIpc) is 3.18. The standard InChI is InChI=1S/C22H28N6.HI/c1-4-21-27-26-16-28(21)12-11-24-22(23-3)25-15-18-8-6-10-20(14-18)19-9-5-7-17(2)13-19;/h5-10,13-14,16H,4,11-12,15H2,1-3H3,(H2,23,24,25);1H. The second-order valence-corrected chi connectivity index (χ2v) is 6.72. The summed E-state index contributed by atoms with van der Waals surface area (Å²) in [4.78, 5) is 4.31. The molecule has 1 heterocycles. The minimum atomic E-state index is 0. The zero-order valence-electron chi connectivity index (χ0n) is 17.2. The van der Waals surface area contributed by atoms with Crippen molar-refractivity contribution in [3.8, 4) is 11.1 Å². The molecule has 0 bridgehead atoms. The van der Waals surface area contributed by atoms with Gasteiger partial charge in [0.2, 0.25) is 0 Å². The van der Waals surface area contributed by atoms with Crippen molar-refractivity contribution >= 4 is 29.9 Å². The molecule has 0 saturated heterocycles. The van der Waals surface area contributed by atoms with E-state index in [-0.39, 0.29) is 24.0 Å². The molecule has 0 saturated carbocycles. The number of aryl methyl sites for hydroxylation is 2. The molecule has 0 aliphatic heterocycles. The fraction of sp³-hybridized carbons (Fsp3) is 0.318. The molecule has 0 unspecified atom stereocenters. The van der Waals surface area contributed by atoms with E-state index in [1.165, 1.54) is 22.3 Å². The Bertz CT molecular complexity index is 934. The summed E-state index contributed by atoms with van der Waals surface area (Å²) in [7, 11) is 1.79. The lowest BCUT2D eigenvalue weighted by Gasteiger charge is -2.13. The zero-order valence-corrected chi connectivity index (χ0v) is 19.6. The Hall–Kier alpha value is -2.42. The highest BCUT2D eigenvalue weighted by molar-refractivity contribution is 14.0. The van der Waals surface area contributed by atoms with Gasteiger partial charge in [-0.2, -0.15) is 0 Å². The smallest absolute Gasteiger partial charge is 0.191 e. The molecule has 6 nitrogen and oxygen atoms in total. The summed E-state index contributed by atoms with van der Waals surface area (Å²) >= 11 is 0. The second kappa shape index (κ2) is 11.5. The van der Waals surface area contributed by atoms with Crippen LogP contribution in [0.4, 0.5) is 0 Å². The van der Waals surface area contributed by atoms with Gasteiger partial charge in [0, 0.05) is 33.1 Å². The summed E-state index contributed by atoms with van der Waals surface area (Å²) in [5, 5.41) is 14.8. The molecule has 0 spiro atoms. The molecule has 0 radical (unpaired) electrons. The predicted molar refractivity (Wildman–Crippen MR) is 130 cm³/mol. The van der Waals surface area contributed by atoms with Gasteiger partial charge >= 0.3 is 0 Å². The minimum Gasteiger partial charge on any atom is -0.355 e. The fourth-order valence-corrected chi connectivity index (χ4v) is 3.13. The highest BCUT2D eigenvalue weighted by Crippen LogP contribution is 2.21. The van der Waals surface area contributed by atoms with Crippen molar-refractivity contribution in [2.24, 2.45) is 4.99 Å². The van der Waals surface area contributed by atoms with Crippen LogP contribution in [0.2, 0.25) is 0 Å². The number of guanidine groups is 1. The van der Waals surface area contributed by atoms with E-state index < -0.39 is 0 Å². The first kappa shape index (κ1) is 22.9. The summed E-state index contributed by atoms with van der Waals surface area (Å²) in [5.41, 5.74) is 4.95. The molecular formula is C22H29IN6. The second-order valence-electron chi connectivity index (χ2n) is 6.72. The van der Waals surface area contributed by atoms with Gasteiger partial charge in [-0.25, -0.2) is 0 Å². The maximum Gasteiger partial charge on any atom is 0.191 e. The first-order valence-electron chi connectivity index (χ1n) is 9.66. The van der Waals surface area contributed by atoms with Crippen LogP contribution in [0.1, 0.15) is 23.9 Å². The molecule has 0 aliphatic rings. The van der Waals surface area contributed by atoms with E-state index in [4.69, 9.17) is 0 Å². The number of aromatic nitrogens is 3. The van der Waals surface area contributed by atoms with Gasteiger partial charge in [-0.15, -0.1) is 34.2 Å². The number of nitrogens with zero attached hydrogens (tertiary/aromatic N) is 4. The van der Waals surface area contributed by atoms with E-state index in [1.54, 1.807) is 13.4 Å². The molecule has 0 amide bonds. The molecule has 0 fully saturated rings. The van der Waals surface area contributed by atoms with Crippen LogP contribution in [-0.4, -0.2) is 34.3 Å². The Morgan fingerprint density at radius 1 is 1.07 bits per heavy atom. The van der Waals surface area contributed by atoms with Gasteiger partial charge in [0.05, 0.1) is 0 Å². The highest BCUT2D eigenvalue weighted by atomic mass is 127. The van der Waals surface area contributed by atoms with Crippen molar-refractivity contribution in [3.63, 3.8) is 0 Å². The summed E-state index contributed by atoms with van der Waals surface area (Å²) in [6, 6.07) is 17.2. The maximum atomic E-state index is 4.31. The Labute approximate surface area is 189 Å². The maximum absolute atomic E-state index is 4.31. The van der Waals surface area contributed by atoms with Crippen LogP contribution in [0.25, 0.3) is 11.1 Å². The monoisotopic (exact) mass is 504 g/mol. The van der Waals surface area contributed by atoms with E-state index in [9.17, 15) is 0 Å². The molecule has 3 rings (SSSR count). The molecule has 3 aromatic rings. The van der Waals surface area contributed by atoms with E-state index >= 15 is 0 Å². The van der Waals surface area contributed by atoms with E-state index in [0.29, 0.717) is 6.54 Å². The van der Waals surface area contributed by atoms with Gasteiger partial charge in [0.1, 0.15) is 12.2 Å². The molecule has 1 aromatic heterocycles. The first-order chi connectivity index (χ1) is 13.7. The summed E-state index contributed by atoms with van der Waals surface area (Å²) in [6.07, 6.45) is 2.65. The van der Waals surface area contributed by atoms with E-state index in [1.807, 2.05) is 0 Å². The molecule has 0 atom stereocenters. The summed E-state index contributed by atoms with van der Waals surface area (Å²) in [5.74, 6) is 1.78.